The number of aryl methyl sites for hydroxylation is 4. The lowest BCUT2D eigenvalue weighted by molar-refractivity contribution is 0.402. The number of thiophene rings is 4. The van der Waals surface area contributed by atoms with Crippen LogP contribution in [0.25, 0.3) is 40.9 Å². The highest BCUT2D eigenvalue weighted by Gasteiger charge is 2.45. The Labute approximate surface area is 336 Å². The summed E-state index contributed by atoms with van der Waals surface area (Å²) in [7, 11) is 0. The van der Waals surface area contributed by atoms with E-state index in [0.29, 0.717) is 11.6 Å². The largest absolute Gasteiger partial charge is 0.213 e. The Morgan fingerprint density at radius 2 is 0.925 bits per heavy atom. The minimum Gasteiger partial charge on any atom is -0.139 e. The fourth-order valence-corrected chi connectivity index (χ4v) is 13.1. The standard InChI is InChI=1S/C45H62N4S4/c1-7-11-15-19-23-33-28-38(51-32(33)6)43-46-48-44(49-47-43)39-29-34(24-20-16-12-8-2)40(53-39)37-30-36-42(52-37)41-35(27-31(5)50-41)45(36,25-21-17-13-9-3)26-22-18-14-10-4/h27-30H,7-26H2,1-6H3. The second-order valence-corrected chi connectivity index (χ2v) is 20.1. The van der Waals surface area contributed by atoms with Crippen LogP contribution in [0, 0.1) is 13.8 Å². The van der Waals surface area contributed by atoms with Crippen LogP contribution in [0.1, 0.15) is 175 Å². The van der Waals surface area contributed by atoms with Crippen molar-refractivity contribution >= 4 is 45.3 Å². The van der Waals surface area contributed by atoms with E-state index >= 15 is 0 Å². The summed E-state index contributed by atoms with van der Waals surface area (Å²) in [6.45, 7) is 13.8. The molecule has 1 aliphatic carbocycles. The third kappa shape index (κ3) is 9.41. The van der Waals surface area contributed by atoms with Gasteiger partial charge in [0.25, 0.3) is 0 Å². The predicted octanol–water partition coefficient (Wildman–Crippen LogP) is 15.6. The SMILES string of the molecule is CCCCCCc1cc(-c2nnc(-c3cc(CCCCCC)c(-c4cc5c(s4)-c4sc(C)cc4C5(CCCCCC)CCCCCC)s3)nn2)sc1C. The van der Waals surface area contributed by atoms with Crippen molar-refractivity contribution in [3.63, 3.8) is 0 Å². The number of unbranched alkanes of at least 4 members (excludes halogenated alkanes) is 12. The van der Waals surface area contributed by atoms with Gasteiger partial charge in [0.15, 0.2) is 0 Å². The van der Waals surface area contributed by atoms with Crippen LogP contribution in [0.4, 0.5) is 0 Å². The predicted molar refractivity (Wildman–Crippen MR) is 234 cm³/mol. The summed E-state index contributed by atoms with van der Waals surface area (Å²) in [5, 5.41) is 18.7. The Kier molecular flexibility index (Phi) is 14.9. The fraction of sp³-hybridized carbons (Fsp3) is 0.600. The van der Waals surface area contributed by atoms with E-state index in [1.54, 1.807) is 32.2 Å². The molecule has 0 spiro atoms. The number of fused-ring (bicyclic) bond motifs is 3. The second kappa shape index (κ2) is 19.6. The minimum atomic E-state index is 0.148. The van der Waals surface area contributed by atoms with Gasteiger partial charge in [-0.05, 0) is 98.9 Å². The first kappa shape index (κ1) is 40.4. The average Bonchev–Trinajstić information content (AvgIpc) is 3.99. The maximum atomic E-state index is 4.71. The molecule has 0 aromatic carbocycles. The van der Waals surface area contributed by atoms with E-state index in [-0.39, 0.29) is 5.41 Å². The molecule has 5 aromatic rings. The first-order valence-corrected chi connectivity index (χ1v) is 24.2. The highest BCUT2D eigenvalue weighted by molar-refractivity contribution is 7.27. The number of rotatable bonds is 23. The summed E-state index contributed by atoms with van der Waals surface area (Å²) in [5.41, 5.74) is 6.27. The van der Waals surface area contributed by atoms with Crippen molar-refractivity contribution in [2.45, 2.75) is 175 Å². The molecule has 0 saturated carbocycles. The van der Waals surface area contributed by atoms with Gasteiger partial charge in [0.05, 0.1) is 9.75 Å². The molecular weight excluding hydrogens is 725 g/mol. The average molecular weight is 787 g/mol. The molecule has 4 nitrogen and oxygen atoms in total. The first-order valence-electron chi connectivity index (χ1n) is 21.0. The third-order valence-electron chi connectivity index (χ3n) is 11.3. The smallest absolute Gasteiger partial charge is 0.139 e. The maximum absolute atomic E-state index is 4.71. The lowest BCUT2D eigenvalue weighted by atomic mass is 9.71. The number of hydrogen-bond acceptors (Lipinski definition) is 8. The third-order valence-corrected chi connectivity index (χ3v) is 16.1. The molecule has 286 valence electrons. The quantitative estimate of drug-likeness (QED) is 0.0619. The maximum Gasteiger partial charge on any atom is 0.213 e. The van der Waals surface area contributed by atoms with Crippen LogP contribution in [-0.2, 0) is 18.3 Å². The van der Waals surface area contributed by atoms with Crippen LogP contribution >= 0.6 is 45.3 Å². The summed E-state index contributed by atoms with van der Waals surface area (Å²) in [4.78, 5) is 10.9. The van der Waals surface area contributed by atoms with Crippen molar-refractivity contribution in [3.05, 3.63) is 56.3 Å². The summed E-state index contributed by atoms with van der Waals surface area (Å²) in [5.74, 6) is 1.29. The molecule has 0 radical (unpaired) electrons. The fourth-order valence-electron chi connectivity index (χ4n) is 8.30. The van der Waals surface area contributed by atoms with Gasteiger partial charge >= 0.3 is 0 Å². The van der Waals surface area contributed by atoms with Gasteiger partial charge in [0.2, 0.25) is 11.6 Å². The van der Waals surface area contributed by atoms with Crippen molar-refractivity contribution in [2.24, 2.45) is 0 Å². The van der Waals surface area contributed by atoms with Crippen LogP contribution in [-0.4, -0.2) is 20.4 Å². The minimum absolute atomic E-state index is 0.148. The molecule has 5 heterocycles. The lowest BCUT2D eigenvalue weighted by Gasteiger charge is -2.31. The van der Waals surface area contributed by atoms with Crippen LogP contribution in [0.3, 0.4) is 0 Å². The van der Waals surface area contributed by atoms with Gasteiger partial charge < -0.3 is 0 Å². The first-order chi connectivity index (χ1) is 25.9. The van der Waals surface area contributed by atoms with Crippen LogP contribution in [0.2, 0.25) is 0 Å². The molecule has 0 bridgehead atoms. The molecule has 0 atom stereocenters. The van der Waals surface area contributed by atoms with Gasteiger partial charge in [-0.25, -0.2) is 0 Å². The van der Waals surface area contributed by atoms with E-state index in [1.807, 2.05) is 34.0 Å². The van der Waals surface area contributed by atoms with Crippen molar-refractivity contribution in [3.8, 4) is 40.9 Å². The summed E-state index contributed by atoms with van der Waals surface area (Å²) in [6, 6.07) is 9.82. The molecule has 1 aliphatic rings. The summed E-state index contributed by atoms with van der Waals surface area (Å²) >= 11 is 7.70. The Morgan fingerprint density at radius 3 is 1.51 bits per heavy atom. The molecule has 0 fully saturated rings. The zero-order valence-corrected chi connectivity index (χ0v) is 36.6. The Balaban J connectivity index is 1.32. The Hall–Kier alpha value is -2.26. The number of nitrogens with zero attached hydrogens (tertiary/aromatic N) is 4. The van der Waals surface area contributed by atoms with Gasteiger partial charge in [-0.15, -0.1) is 65.7 Å². The second-order valence-electron chi connectivity index (χ2n) is 15.5. The van der Waals surface area contributed by atoms with E-state index in [1.165, 1.54) is 146 Å². The van der Waals surface area contributed by atoms with Gasteiger partial charge in [0.1, 0.15) is 0 Å². The highest BCUT2D eigenvalue weighted by atomic mass is 32.1. The summed E-state index contributed by atoms with van der Waals surface area (Å²) in [6.07, 6.45) is 25.4. The molecule has 0 aliphatic heterocycles. The monoisotopic (exact) mass is 786 g/mol. The van der Waals surface area contributed by atoms with E-state index in [2.05, 4.69) is 76.0 Å². The Bertz CT molecular complexity index is 1860. The molecule has 53 heavy (non-hydrogen) atoms. The Morgan fingerprint density at radius 1 is 0.453 bits per heavy atom. The zero-order chi connectivity index (χ0) is 37.2. The van der Waals surface area contributed by atoms with Crippen LogP contribution < -0.4 is 0 Å². The molecular formula is C45H62N4S4. The van der Waals surface area contributed by atoms with Crippen molar-refractivity contribution in [1.29, 1.82) is 0 Å². The molecule has 0 unspecified atom stereocenters. The highest BCUT2D eigenvalue weighted by Crippen LogP contribution is 2.61. The number of aromatic nitrogens is 4. The topological polar surface area (TPSA) is 51.6 Å². The summed E-state index contributed by atoms with van der Waals surface area (Å²) < 4.78 is 0. The van der Waals surface area contributed by atoms with E-state index in [4.69, 9.17) is 10.2 Å². The molecule has 0 amide bonds. The normalized spacial score (nSPS) is 13.2. The zero-order valence-electron chi connectivity index (χ0n) is 33.4. The van der Waals surface area contributed by atoms with Crippen LogP contribution in [0.5, 0.6) is 0 Å². The molecule has 8 heteroatoms. The van der Waals surface area contributed by atoms with Crippen LogP contribution in [0.15, 0.2) is 24.3 Å². The van der Waals surface area contributed by atoms with Crippen molar-refractivity contribution in [2.75, 3.05) is 0 Å². The molecule has 0 N–H and O–H groups in total. The van der Waals surface area contributed by atoms with Crippen molar-refractivity contribution < 1.29 is 0 Å². The molecule has 5 aromatic heterocycles. The molecule has 0 saturated heterocycles. The van der Waals surface area contributed by atoms with E-state index < -0.39 is 0 Å². The molecule has 6 rings (SSSR count). The lowest BCUT2D eigenvalue weighted by Crippen LogP contribution is -2.25. The van der Waals surface area contributed by atoms with Gasteiger partial charge in [-0.1, -0.05) is 118 Å². The number of hydrogen-bond donors (Lipinski definition) is 0. The van der Waals surface area contributed by atoms with E-state index in [9.17, 15) is 0 Å². The van der Waals surface area contributed by atoms with Gasteiger partial charge in [-0.2, -0.15) is 0 Å². The van der Waals surface area contributed by atoms with Gasteiger partial charge in [0, 0.05) is 34.7 Å². The van der Waals surface area contributed by atoms with Crippen molar-refractivity contribution in [1.82, 2.24) is 20.4 Å². The van der Waals surface area contributed by atoms with Gasteiger partial charge in [-0.3, -0.25) is 0 Å². The van der Waals surface area contributed by atoms with E-state index in [0.717, 1.165) is 22.6 Å².